The summed E-state index contributed by atoms with van der Waals surface area (Å²) in [6.07, 6.45) is 0. The van der Waals surface area contributed by atoms with E-state index in [0.717, 1.165) is 12.1 Å². The summed E-state index contributed by atoms with van der Waals surface area (Å²) >= 11 is 8.07. The van der Waals surface area contributed by atoms with E-state index in [4.69, 9.17) is 21.1 Å². The standard InChI is InChI=1S/C16H20ClNO2S/c1-5-18-14(16-10(2)6-7-21-16)11-8-12(17)15(20-4)13(9-11)19-3/h6-9,14,18H,5H2,1-4H3. The molecule has 0 bridgehead atoms. The van der Waals surface area contributed by atoms with Crippen molar-refractivity contribution >= 4 is 22.9 Å². The zero-order valence-electron chi connectivity index (χ0n) is 12.7. The summed E-state index contributed by atoms with van der Waals surface area (Å²) in [6, 6.07) is 6.16. The lowest BCUT2D eigenvalue weighted by molar-refractivity contribution is 0.354. The Morgan fingerprint density at radius 3 is 2.57 bits per heavy atom. The fourth-order valence-corrected chi connectivity index (χ4v) is 3.68. The quantitative estimate of drug-likeness (QED) is 0.852. The predicted molar refractivity (Wildman–Crippen MR) is 89.1 cm³/mol. The van der Waals surface area contributed by atoms with Crippen LogP contribution in [0.25, 0.3) is 0 Å². The van der Waals surface area contributed by atoms with E-state index >= 15 is 0 Å². The third kappa shape index (κ3) is 3.34. The molecular formula is C16H20ClNO2S. The topological polar surface area (TPSA) is 30.5 Å². The number of thiophene rings is 1. The lowest BCUT2D eigenvalue weighted by Crippen LogP contribution is -2.21. The van der Waals surface area contributed by atoms with Gasteiger partial charge in [0, 0.05) is 4.88 Å². The Labute approximate surface area is 134 Å². The van der Waals surface area contributed by atoms with Crippen LogP contribution in [0.2, 0.25) is 5.02 Å². The van der Waals surface area contributed by atoms with E-state index in [1.165, 1.54) is 10.4 Å². The number of hydrogen-bond acceptors (Lipinski definition) is 4. The van der Waals surface area contributed by atoms with Crippen molar-refractivity contribution in [1.29, 1.82) is 0 Å². The molecule has 0 aliphatic heterocycles. The van der Waals surface area contributed by atoms with Gasteiger partial charge in [-0.05, 0) is 48.2 Å². The molecule has 1 unspecified atom stereocenters. The molecule has 0 amide bonds. The Morgan fingerprint density at radius 1 is 1.29 bits per heavy atom. The van der Waals surface area contributed by atoms with Gasteiger partial charge in [-0.25, -0.2) is 0 Å². The number of benzene rings is 1. The lowest BCUT2D eigenvalue weighted by Gasteiger charge is -2.20. The van der Waals surface area contributed by atoms with Crippen LogP contribution in [0.4, 0.5) is 0 Å². The highest BCUT2D eigenvalue weighted by atomic mass is 35.5. The largest absolute Gasteiger partial charge is 0.493 e. The predicted octanol–water partition coefficient (Wildman–Crippen LogP) is 4.43. The highest BCUT2D eigenvalue weighted by Gasteiger charge is 2.20. The monoisotopic (exact) mass is 325 g/mol. The van der Waals surface area contributed by atoms with Gasteiger partial charge in [0.15, 0.2) is 11.5 Å². The van der Waals surface area contributed by atoms with Crippen LogP contribution < -0.4 is 14.8 Å². The summed E-state index contributed by atoms with van der Waals surface area (Å²) in [4.78, 5) is 1.29. The molecule has 1 heterocycles. The van der Waals surface area contributed by atoms with Gasteiger partial charge in [0.1, 0.15) is 0 Å². The van der Waals surface area contributed by atoms with Gasteiger partial charge in [0.2, 0.25) is 0 Å². The molecule has 2 rings (SSSR count). The summed E-state index contributed by atoms with van der Waals surface area (Å²) in [5.41, 5.74) is 2.35. The average Bonchev–Trinajstić information content (AvgIpc) is 2.89. The lowest BCUT2D eigenvalue weighted by atomic mass is 10.0. The SMILES string of the molecule is CCNC(c1cc(Cl)c(OC)c(OC)c1)c1sccc1C. The molecule has 1 atom stereocenters. The van der Waals surface area contributed by atoms with Crippen LogP contribution in [0.1, 0.15) is 29.0 Å². The molecule has 1 N–H and O–H groups in total. The summed E-state index contributed by atoms with van der Waals surface area (Å²) in [6.45, 7) is 5.09. The molecular weight excluding hydrogens is 306 g/mol. The van der Waals surface area contributed by atoms with Crippen LogP contribution in [-0.2, 0) is 0 Å². The number of rotatable bonds is 6. The highest BCUT2D eigenvalue weighted by Crippen LogP contribution is 2.40. The fourth-order valence-electron chi connectivity index (χ4n) is 2.35. The van der Waals surface area contributed by atoms with E-state index in [-0.39, 0.29) is 6.04 Å². The summed E-state index contributed by atoms with van der Waals surface area (Å²) in [7, 11) is 3.21. The number of hydrogen-bond donors (Lipinski definition) is 1. The molecule has 0 fully saturated rings. The van der Waals surface area contributed by atoms with Gasteiger partial charge < -0.3 is 14.8 Å². The van der Waals surface area contributed by atoms with Crippen LogP contribution in [0.15, 0.2) is 23.6 Å². The molecule has 0 saturated heterocycles. The normalized spacial score (nSPS) is 12.2. The molecule has 2 aromatic rings. The number of halogens is 1. The summed E-state index contributed by atoms with van der Waals surface area (Å²) in [5, 5.41) is 6.18. The molecule has 114 valence electrons. The zero-order valence-corrected chi connectivity index (χ0v) is 14.3. The second-order valence-corrected chi connectivity index (χ2v) is 6.05. The molecule has 0 aliphatic carbocycles. The van der Waals surface area contributed by atoms with Crippen LogP contribution >= 0.6 is 22.9 Å². The van der Waals surface area contributed by atoms with Gasteiger partial charge >= 0.3 is 0 Å². The van der Waals surface area contributed by atoms with Crippen molar-refractivity contribution in [2.75, 3.05) is 20.8 Å². The van der Waals surface area contributed by atoms with Gasteiger partial charge in [0.05, 0.1) is 25.3 Å². The van der Waals surface area contributed by atoms with Gasteiger partial charge in [-0.3, -0.25) is 0 Å². The third-order valence-corrected chi connectivity index (χ3v) is 4.73. The number of methoxy groups -OCH3 is 2. The first-order chi connectivity index (χ1) is 10.1. The molecule has 3 nitrogen and oxygen atoms in total. The molecule has 0 saturated carbocycles. The van der Waals surface area contributed by atoms with Gasteiger partial charge in [-0.1, -0.05) is 18.5 Å². The molecule has 0 spiro atoms. The maximum Gasteiger partial charge on any atom is 0.179 e. The van der Waals surface area contributed by atoms with Crippen LogP contribution in [0.5, 0.6) is 11.5 Å². The van der Waals surface area contributed by atoms with Crippen molar-refractivity contribution in [1.82, 2.24) is 5.32 Å². The van der Waals surface area contributed by atoms with Crippen molar-refractivity contribution in [3.05, 3.63) is 44.6 Å². The molecule has 21 heavy (non-hydrogen) atoms. The number of ether oxygens (including phenoxy) is 2. The third-order valence-electron chi connectivity index (χ3n) is 3.36. The molecule has 0 radical (unpaired) electrons. The molecule has 1 aromatic carbocycles. The Balaban J connectivity index is 2.51. The van der Waals surface area contributed by atoms with E-state index in [1.807, 2.05) is 12.1 Å². The molecule has 5 heteroatoms. The van der Waals surface area contributed by atoms with Gasteiger partial charge in [-0.2, -0.15) is 0 Å². The van der Waals surface area contributed by atoms with E-state index in [1.54, 1.807) is 25.6 Å². The smallest absolute Gasteiger partial charge is 0.179 e. The van der Waals surface area contributed by atoms with Crippen molar-refractivity contribution in [3.8, 4) is 11.5 Å². The average molecular weight is 326 g/mol. The van der Waals surface area contributed by atoms with Crippen molar-refractivity contribution in [2.45, 2.75) is 19.9 Å². The first-order valence-corrected chi connectivity index (χ1v) is 8.06. The van der Waals surface area contributed by atoms with Crippen LogP contribution in [0.3, 0.4) is 0 Å². The van der Waals surface area contributed by atoms with E-state index in [9.17, 15) is 0 Å². The molecule has 0 aliphatic rings. The van der Waals surface area contributed by atoms with Crippen molar-refractivity contribution in [3.63, 3.8) is 0 Å². The van der Waals surface area contributed by atoms with Crippen LogP contribution in [0, 0.1) is 6.92 Å². The maximum atomic E-state index is 6.33. The Kier molecular flexibility index (Phi) is 5.51. The highest BCUT2D eigenvalue weighted by molar-refractivity contribution is 7.10. The fraction of sp³-hybridized carbons (Fsp3) is 0.375. The minimum Gasteiger partial charge on any atom is -0.493 e. The van der Waals surface area contributed by atoms with Gasteiger partial charge in [-0.15, -0.1) is 11.3 Å². The zero-order chi connectivity index (χ0) is 15.4. The molecule has 1 aromatic heterocycles. The minimum atomic E-state index is 0.104. The van der Waals surface area contributed by atoms with Crippen LogP contribution in [-0.4, -0.2) is 20.8 Å². The second-order valence-electron chi connectivity index (χ2n) is 4.70. The number of aryl methyl sites for hydroxylation is 1. The first kappa shape index (κ1) is 16.1. The van der Waals surface area contributed by atoms with Crippen molar-refractivity contribution < 1.29 is 9.47 Å². The summed E-state index contributed by atoms with van der Waals surface area (Å²) in [5.74, 6) is 1.22. The van der Waals surface area contributed by atoms with E-state index in [0.29, 0.717) is 16.5 Å². The van der Waals surface area contributed by atoms with E-state index in [2.05, 4.69) is 30.6 Å². The second kappa shape index (κ2) is 7.16. The maximum absolute atomic E-state index is 6.33. The van der Waals surface area contributed by atoms with Crippen molar-refractivity contribution in [2.24, 2.45) is 0 Å². The van der Waals surface area contributed by atoms with Gasteiger partial charge in [0.25, 0.3) is 0 Å². The Hall–Kier alpha value is -1.23. The minimum absolute atomic E-state index is 0.104. The Morgan fingerprint density at radius 2 is 2.05 bits per heavy atom. The Bertz CT molecular complexity index is 612. The summed E-state index contributed by atoms with van der Waals surface area (Å²) < 4.78 is 10.7. The number of nitrogens with one attached hydrogen (secondary N) is 1. The first-order valence-electron chi connectivity index (χ1n) is 6.81. The van der Waals surface area contributed by atoms with E-state index < -0.39 is 0 Å².